The zero-order chi connectivity index (χ0) is 37.0. The second kappa shape index (κ2) is 13.2. The number of nitrogens with zero attached hydrogens (tertiary/aromatic N) is 2. The van der Waals surface area contributed by atoms with Gasteiger partial charge >= 0.3 is 0 Å². The Labute approximate surface area is 325 Å². The zero-order valence-electron chi connectivity index (χ0n) is 30.7. The van der Waals surface area contributed by atoms with Gasteiger partial charge in [0, 0.05) is 33.4 Å². The van der Waals surface area contributed by atoms with Crippen LogP contribution in [0.1, 0.15) is 0 Å². The largest absolute Gasteiger partial charge is 0.310 e. The molecule has 0 saturated carbocycles. The van der Waals surface area contributed by atoms with E-state index in [1.165, 1.54) is 70.9 Å². The summed E-state index contributed by atoms with van der Waals surface area (Å²) in [5.74, 6) is 0. The molecule has 1 aromatic heterocycles. The Morgan fingerprint density at radius 2 is 0.768 bits per heavy atom. The maximum atomic E-state index is 2.46. The summed E-state index contributed by atoms with van der Waals surface area (Å²) in [6, 6.07) is 79.5. The fourth-order valence-corrected chi connectivity index (χ4v) is 8.80. The van der Waals surface area contributed by atoms with Gasteiger partial charge in [0.15, 0.2) is 0 Å². The van der Waals surface area contributed by atoms with E-state index in [2.05, 4.69) is 228 Å². The first-order chi connectivity index (χ1) is 27.8. The minimum absolute atomic E-state index is 1.09. The van der Waals surface area contributed by atoms with Crippen molar-refractivity contribution in [2.75, 3.05) is 4.90 Å². The van der Waals surface area contributed by atoms with E-state index in [9.17, 15) is 0 Å². The third-order valence-electron chi connectivity index (χ3n) is 11.4. The highest BCUT2D eigenvalue weighted by Gasteiger charge is 2.20. The highest BCUT2D eigenvalue weighted by atomic mass is 15.1. The average molecular weight is 713 g/mol. The van der Waals surface area contributed by atoms with Gasteiger partial charge < -0.3 is 9.47 Å². The quantitative estimate of drug-likeness (QED) is 0.156. The lowest BCUT2D eigenvalue weighted by Crippen LogP contribution is -2.11. The topological polar surface area (TPSA) is 8.17 Å². The van der Waals surface area contributed by atoms with Crippen LogP contribution in [0.4, 0.5) is 17.1 Å². The molecule has 10 aromatic carbocycles. The van der Waals surface area contributed by atoms with E-state index in [0.717, 1.165) is 28.3 Å². The molecular formula is C54H36N2. The molecule has 0 aliphatic heterocycles. The van der Waals surface area contributed by atoms with Gasteiger partial charge in [-0.3, -0.25) is 0 Å². The van der Waals surface area contributed by atoms with E-state index in [-0.39, 0.29) is 0 Å². The molecule has 56 heavy (non-hydrogen) atoms. The van der Waals surface area contributed by atoms with Gasteiger partial charge in [-0.1, -0.05) is 170 Å². The predicted molar refractivity (Wildman–Crippen MR) is 239 cm³/mol. The fourth-order valence-electron chi connectivity index (χ4n) is 8.80. The lowest BCUT2D eigenvalue weighted by molar-refractivity contribution is 1.18. The van der Waals surface area contributed by atoms with Gasteiger partial charge in [-0.05, 0) is 97.5 Å². The molecule has 1 heterocycles. The summed E-state index contributed by atoms with van der Waals surface area (Å²) >= 11 is 0. The number of benzene rings is 10. The van der Waals surface area contributed by atoms with Crippen molar-refractivity contribution in [2.24, 2.45) is 0 Å². The summed E-state index contributed by atoms with van der Waals surface area (Å²) in [5, 5.41) is 10.1. The number of rotatable bonds is 6. The van der Waals surface area contributed by atoms with Crippen molar-refractivity contribution >= 4 is 71.2 Å². The maximum Gasteiger partial charge on any atom is 0.0561 e. The minimum Gasteiger partial charge on any atom is -0.310 e. The summed E-state index contributed by atoms with van der Waals surface area (Å²) in [5.41, 5.74) is 11.6. The minimum atomic E-state index is 1.09. The molecule has 2 heteroatoms. The molecule has 0 radical (unpaired) electrons. The smallest absolute Gasteiger partial charge is 0.0561 e. The molecule has 0 aliphatic carbocycles. The average Bonchev–Trinajstić information content (AvgIpc) is 3.61. The number of para-hydroxylation sites is 2. The van der Waals surface area contributed by atoms with Crippen molar-refractivity contribution in [3.8, 4) is 27.9 Å². The molecule has 0 amide bonds. The van der Waals surface area contributed by atoms with Crippen LogP contribution in [-0.2, 0) is 0 Å². The highest BCUT2D eigenvalue weighted by Crippen LogP contribution is 2.44. The summed E-state index contributed by atoms with van der Waals surface area (Å²) in [7, 11) is 0. The molecule has 0 bridgehead atoms. The van der Waals surface area contributed by atoms with Gasteiger partial charge in [-0.2, -0.15) is 0 Å². The van der Waals surface area contributed by atoms with E-state index in [1.807, 2.05) is 0 Å². The first kappa shape index (κ1) is 32.0. The molecule has 0 saturated heterocycles. The van der Waals surface area contributed by atoms with Crippen molar-refractivity contribution in [2.45, 2.75) is 0 Å². The van der Waals surface area contributed by atoms with E-state index in [0.29, 0.717) is 0 Å². The van der Waals surface area contributed by atoms with E-state index >= 15 is 0 Å². The monoisotopic (exact) mass is 712 g/mol. The molecule has 11 rings (SSSR count). The Morgan fingerprint density at radius 3 is 1.46 bits per heavy atom. The SMILES string of the molecule is c1ccc(-c2ccc(N(c3ccc4c5ccccc5n(-c5ccc6c7ccccc7c7ccccc7c6c5)c4c3)c3ccccc3-c3ccccc3)cc2)cc1. The molecule has 0 spiro atoms. The molecule has 2 nitrogen and oxygen atoms in total. The third kappa shape index (κ3) is 5.19. The number of hydrogen-bond acceptors (Lipinski definition) is 1. The van der Waals surface area contributed by atoms with Crippen LogP contribution in [0.2, 0.25) is 0 Å². The lowest BCUT2D eigenvalue weighted by Gasteiger charge is -2.28. The molecule has 0 N–H and O–H groups in total. The Kier molecular flexibility index (Phi) is 7.53. The summed E-state index contributed by atoms with van der Waals surface area (Å²) in [6.07, 6.45) is 0. The molecule has 11 aromatic rings. The van der Waals surface area contributed by atoms with Crippen LogP contribution in [0.15, 0.2) is 218 Å². The van der Waals surface area contributed by atoms with Gasteiger partial charge in [0.05, 0.1) is 16.7 Å². The number of aromatic nitrogens is 1. The first-order valence-electron chi connectivity index (χ1n) is 19.3. The number of anilines is 3. The van der Waals surface area contributed by atoms with Gasteiger partial charge in [-0.15, -0.1) is 0 Å². The Morgan fingerprint density at radius 1 is 0.286 bits per heavy atom. The Bertz CT molecular complexity index is 3200. The summed E-state index contributed by atoms with van der Waals surface area (Å²) in [4.78, 5) is 2.42. The zero-order valence-corrected chi connectivity index (χ0v) is 30.7. The fraction of sp³-hybridized carbons (Fsp3) is 0. The predicted octanol–water partition coefficient (Wildman–Crippen LogP) is 15.0. The van der Waals surface area contributed by atoms with Crippen LogP contribution in [0.5, 0.6) is 0 Å². The van der Waals surface area contributed by atoms with Crippen LogP contribution >= 0.6 is 0 Å². The summed E-state index contributed by atoms with van der Waals surface area (Å²) < 4.78 is 2.46. The van der Waals surface area contributed by atoms with Crippen LogP contribution < -0.4 is 4.90 Å². The van der Waals surface area contributed by atoms with Crippen molar-refractivity contribution in [3.63, 3.8) is 0 Å². The van der Waals surface area contributed by atoms with Crippen LogP contribution in [0, 0.1) is 0 Å². The van der Waals surface area contributed by atoms with Gasteiger partial charge in [-0.25, -0.2) is 0 Å². The third-order valence-corrected chi connectivity index (χ3v) is 11.4. The van der Waals surface area contributed by atoms with E-state index < -0.39 is 0 Å². The molecular weight excluding hydrogens is 677 g/mol. The Hall–Kier alpha value is -7.42. The van der Waals surface area contributed by atoms with Crippen molar-refractivity contribution in [1.29, 1.82) is 0 Å². The van der Waals surface area contributed by atoms with Crippen molar-refractivity contribution in [3.05, 3.63) is 218 Å². The van der Waals surface area contributed by atoms with Crippen LogP contribution in [0.3, 0.4) is 0 Å². The second-order valence-electron chi connectivity index (χ2n) is 14.5. The molecule has 0 aliphatic rings. The second-order valence-corrected chi connectivity index (χ2v) is 14.5. The van der Waals surface area contributed by atoms with Gasteiger partial charge in [0.1, 0.15) is 0 Å². The van der Waals surface area contributed by atoms with Crippen molar-refractivity contribution < 1.29 is 0 Å². The van der Waals surface area contributed by atoms with Gasteiger partial charge in [0.2, 0.25) is 0 Å². The van der Waals surface area contributed by atoms with Crippen LogP contribution in [-0.4, -0.2) is 4.57 Å². The summed E-state index contributed by atoms with van der Waals surface area (Å²) in [6.45, 7) is 0. The highest BCUT2D eigenvalue weighted by molar-refractivity contribution is 6.25. The van der Waals surface area contributed by atoms with Gasteiger partial charge in [0.25, 0.3) is 0 Å². The van der Waals surface area contributed by atoms with E-state index in [4.69, 9.17) is 0 Å². The maximum absolute atomic E-state index is 2.46. The molecule has 262 valence electrons. The number of hydrogen-bond donors (Lipinski definition) is 0. The normalized spacial score (nSPS) is 11.6. The molecule has 0 fully saturated rings. The Balaban J connectivity index is 1.16. The first-order valence-corrected chi connectivity index (χ1v) is 19.3. The molecule has 0 atom stereocenters. The van der Waals surface area contributed by atoms with E-state index in [1.54, 1.807) is 0 Å². The standard InChI is InChI=1S/C54H36N2/c1-3-15-37(16-4-1)38-27-29-40(30-28-38)55(52-25-13-11-19-43(52)39-17-5-2-6-18-39)42-32-34-50-49-24-12-14-26-53(49)56(54(50)36-42)41-31-33-48-46-22-8-7-20-44(46)45-21-9-10-23-47(45)51(48)35-41/h1-36H. The lowest BCUT2D eigenvalue weighted by atomic mass is 9.94. The number of fused-ring (bicyclic) bond motifs is 9. The van der Waals surface area contributed by atoms with Crippen LogP contribution in [0.25, 0.3) is 82.1 Å². The molecule has 0 unspecified atom stereocenters. The van der Waals surface area contributed by atoms with Crippen molar-refractivity contribution in [1.82, 2.24) is 4.57 Å².